The molecule has 1 aliphatic heterocycles. The Morgan fingerprint density at radius 2 is 0.840 bits per heavy atom. The van der Waals surface area contributed by atoms with Crippen LogP contribution in [0.25, 0.3) is 0 Å². The van der Waals surface area contributed by atoms with Gasteiger partial charge in [-0.05, 0) is 38.5 Å². The smallest absolute Gasteiger partial charge is 0.245 e. The molecule has 10 N–H and O–H groups in total. The Kier molecular flexibility index (Phi) is 18.9. The van der Waals surface area contributed by atoms with E-state index in [1.807, 2.05) is 0 Å². The molecule has 1 fully saturated rings. The number of carbonyl (C=O) groups is 9. The van der Waals surface area contributed by atoms with E-state index >= 15 is 0 Å². The third-order valence-corrected chi connectivity index (χ3v) is 7.28. The molecule has 0 saturated carbocycles. The normalized spacial score (nSPS) is 21.2. The molecule has 1 rings (SSSR count). The van der Waals surface area contributed by atoms with Gasteiger partial charge < -0.3 is 37.0 Å². The van der Waals surface area contributed by atoms with Crippen LogP contribution in [-0.2, 0) is 43.2 Å². The summed E-state index contributed by atoms with van der Waals surface area (Å²) < 4.78 is 0. The average Bonchev–Trinajstić information content (AvgIpc) is 3.05. The number of rotatable bonds is 13. The van der Waals surface area contributed by atoms with Crippen LogP contribution in [0.1, 0.15) is 59.3 Å². The first kappa shape index (κ1) is 43.1. The molecule has 0 aromatic carbocycles. The van der Waals surface area contributed by atoms with E-state index in [9.17, 15) is 63.9 Å². The molecular formula is C28H47N9O13. The van der Waals surface area contributed by atoms with Crippen LogP contribution in [0.2, 0.25) is 0 Å². The van der Waals surface area contributed by atoms with Crippen molar-refractivity contribution in [2.24, 2.45) is 0 Å². The molecule has 1 heterocycles. The van der Waals surface area contributed by atoms with Crippen molar-refractivity contribution in [1.82, 2.24) is 47.1 Å². The zero-order chi connectivity index (χ0) is 38.0. The first-order chi connectivity index (χ1) is 23.5. The van der Waals surface area contributed by atoms with Gasteiger partial charge in [-0.3, -0.25) is 58.8 Å². The van der Waals surface area contributed by atoms with Crippen LogP contribution in [0.4, 0.5) is 0 Å². The van der Waals surface area contributed by atoms with E-state index < -0.39 is 97.0 Å². The van der Waals surface area contributed by atoms with Crippen molar-refractivity contribution in [3.8, 4) is 0 Å². The van der Waals surface area contributed by atoms with Crippen LogP contribution in [-0.4, -0.2) is 153 Å². The number of amides is 9. The number of nitrogens with one attached hydrogen (secondary N) is 6. The zero-order valence-corrected chi connectivity index (χ0v) is 28.1. The van der Waals surface area contributed by atoms with Crippen molar-refractivity contribution in [1.29, 1.82) is 0 Å². The summed E-state index contributed by atoms with van der Waals surface area (Å²) in [5, 5.41) is 53.9. The number of aliphatic hydroxyl groups excluding tert-OH is 1. The van der Waals surface area contributed by atoms with Crippen LogP contribution in [0.5, 0.6) is 0 Å². The molecule has 1 saturated heterocycles. The zero-order valence-electron chi connectivity index (χ0n) is 28.1. The van der Waals surface area contributed by atoms with Crippen LogP contribution in [0.3, 0.4) is 0 Å². The van der Waals surface area contributed by atoms with Gasteiger partial charge in [0.25, 0.3) is 0 Å². The minimum Gasteiger partial charge on any atom is -0.394 e. The molecular weight excluding hydrogens is 670 g/mol. The standard InChI is InChI=1S/C28H47N9O13/c1-16(39)35(48)10-4-7-19-25(44)29-14-24(43)32-22(15-38)26(45)30-13-23(42)31-20(8-5-11-36(49)17(2)40)27(46)34-21(28(47)33-19)9-6-12-37(50)18(3)41/h19-22,38,48-50H,4-15H2,1-3H3,(H,29,44)(H,30,45)(H,31,42)(H,32,43)(H,33,47)(H,34,46)/t19-,20-,21+,22-/m1/s1. The maximum atomic E-state index is 13.6. The molecule has 0 aromatic rings. The molecule has 0 bridgehead atoms. The van der Waals surface area contributed by atoms with Crippen molar-refractivity contribution < 1.29 is 63.9 Å². The van der Waals surface area contributed by atoms with Crippen molar-refractivity contribution in [3.05, 3.63) is 0 Å². The molecule has 0 unspecified atom stereocenters. The lowest BCUT2D eigenvalue weighted by Gasteiger charge is -2.26. The summed E-state index contributed by atoms with van der Waals surface area (Å²) in [5.74, 6) is -7.64. The molecule has 50 heavy (non-hydrogen) atoms. The summed E-state index contributed by atoms with van der Waals surface area (Å²) in [6.45, 7) is 0.217. The molecule has 22 nitrogen and oxygen atoms in total. The average molecular weight is 718 g/mol. The highest BCUT2D eigenvalue weighted by molar-refractivity contribution is 5.96. The first-order valence-corrected chi connectivity index (χ1v) is 15.7. The predicted molar refractivity (Wildman–Crippen MR) is 166 cm³/mol. The minimum atomic E-state index is -1.54. The van der Waals surface area contributed by atoms with E-state index in [2.05, 4.69) is 31.9 Å². The maximum absolute atomic E-state index is 13.6. The number of hydrogen-bond acceptors (Lipinski definition) is 13. The molecule has 1 aliphatic rings. The van der Waals surface area contributed by atoms with Crippen molar-refractivity contribution >= 4 is 53.2 Å². The van der Waals surface area contributed by atoms with Crippen LogP contribution < -0.4 is 31.9 Å². The molecule has 22 heteroatoms. The van der Waals surface area contributed by atoms with Crippen LogP contribution in [0, 0.1) is 0 Å². The van der Waals surface area contributed by atoms with E-state index in [-0.39, 0.29) is 58.2 Å². The van der Waals surface area contributed by atoms with Gasteiger partial charge >= 0.3 is 0 Å². The topological polar surface area (TPSA) is 316 Å². The van der Waals surface area contributed by atoms with Gasteiger partial charge in [0.05, 0.1) is 19.7 Å². The van der Waals surface area contributed by atoms with Crippen molar-refractivity contribution in [2.45, 2.75) is 83.5 Å². The predicted octanol–water partition coefficient (Wildman–Crippen LogP) is -4.78. The summed E-state index contributed by atoms with van der Waals surface area (Å²) in [4.78, 5) is 112. The third kappa shape index (κ3) is 16.0. The second-order valence-corrected chi connectivity index (χ2v) is 11.3. The minimum absolute atomic E-state index is 0.0290. The fraction of sp³-hybridized carbons (Fsp3) is 0.679. The lowest BCUT2D eigenvalue weighted by atomic mass is 10.1. The second kappa shape index (κ2) is 21.9. The highest BCUT2D eigenvalue weighted by Gasteiger charge is 2.31. The van der Waals surface area contributed by atoms with Crippen LogP contribution in [0.15, 0.2) is 0 Å². The number of hydroxylamine groups is 6. The largest absolute Gasteiger partial charge is 0.394 e. The lowest BCUT2D eigenvalue weighted by molar-refractivity contribution is -0.163. The Morgan fingerprint density at radius 1 is 0.540 bits per heavy atom. The van der Waals surface area contributed by atoms with E-state index in [1.165, 1.54) is 0 Å². The monoisotopic (exact) mass is 717 g/mol. The number of carbonyl (C=O) groups excluding carboxylic acids is 9. The van der Waals surface area contributed by atoms with Gasteiger partial charge in [0, 0.05) is 40.4 Å². The second-order valence-electron chi connectivity index (χ2n) is 11.3. The molecule has 0 aromatic heterocycles. The quantitative estimate of drug-likeness (QED) is 0.0633. The summed E-state index contributed by atoms with van der Waals surface area (Å²) in [7, 11) is 0. The number of hydrogen-bond donors (Lipinski definition) is 10. The molecule has 9 amide bonds. The van der Waals surface area contributed by atoms with Gasteiger partial charge in [-0.15, -0.1) is 0 Å². The van der Waals surface area contributed by atoms with E-state index in [4.69, 9.17) is 0 Å². The van der Waals surface area contributed by atoms with E-state index in [0.29, 0.717) is 15.2 Å². The molecule has 0 aliphatic carbocycles. The Bertz CT molecular complexity index is 1230. The van der Waals surface area contributed by atoms with Gasteiger partial charge in [0.1, 0.15) is 24.2 Å². The van der Waals surface area contributed by atoms with Gasteiger partial charge in [-0.2, -0.15) is 0 Å². The summed E-state index contributed by atoms with van der Waals surface area (Å²) in [6, 6.07) is -5.79. The first-order valence-electron chi connectivity index (χ1n) is 15.7. The fourth-order valence-corrected chi connectivity index (χ4v) is 4.42. The van der Waals surface area contributed by atoms with E-state index in [0.717, 1.165) is 20.8 Å². The van der Waals surface area contributed by atoms with Crippen LogP contribution >= 0.6 is 0 Å². The Labute approximate surface area is 287 Å². The SMILES string of the molecule is CC(=O)N(O)CCC[C@@H]1NC(=O)[C@@H](CCCN(O)C(C)=O)NC(=O)CNC(=O)[C@@H](CO)NC(=O)CNC(=O)[C@@H](CCCN(O)C(C)=O)NC1=O. The number of aliphatic hydroxyl groups is 1. The van der Waals surface area contributed by atoms with Crippen molar-refractivity contribution in [2.75, 3.05) is 39.3 Å². The highest BCUT2D eigenvalue weighted by atomic mass is 16.5. The molecule has 0 spiro atoms. The third-order valence-electron chi connectivity index (χ3n) is 7.28. The maximum Gasteiger partial charge on any atom is 0.245 e. The Balaban J connectivity index is 3.45. The number of nitrogens with zero attached hydrogens (tertiary/aromatic N) is 3. The van der Waals surface area contributed by atoms with Gasteiger partial charge in [-0.25, -0.2) is 15.2 Å². The van der Waals surface area contributed by atoms with E-state index in [1.54, 1.807) is 0 Å². The summed E-state index contributed by atoms with van der Waals surface area (Å²) in [6.07, 6.45) is -0.685. The fourth-order valence-electron chi connectivity index (χ4n) is 4.42. The summed E-state index contributed by atoms with van der Waals surface area (Å²) in [5.41, 5.74) is 0. The van der Waals surface area contributed by atoms with Gasteiger partial charge in [0.15, 0.2) is 0 Å². The Hall–Kier alpha value is -4.93. The Morgan fingerprint density at radius 3 is 1.18 bits per heavy atom. The lowest BCUT2D eigenvalue weighted by Crippen LogP contribution is -2.59. The molecule has 4 atom stereocenters. The molecule has 282 valence electrons. The summed E-state index contributed by atoms with van der Waals surface area (Å²) >= 11 is 0. The highest BCUT2D eigenvalue weighted by Crippen LogP contribution is 2.07. The molecule has 0 radical (unpaired) electrons. The van der Waals surface area contributed by atoms with Gasteiger partial charge in [-0.1, -0.05) is 0 Å². The van der Waals surface area contributed by atoms with Crippen molar-refractivity contribution in [3.63, 3.8) is 0 Å². The van der Waals surface area contributed by atoms with Gasteiger partial charge in [0.2, 0.25) is 53.2 Å².